The summed E-state index contributed by atoms with van der Waals surface area (Å²) in [4.78, 5) is 16.0. The summed E-state index contributed by atoms with van der Waals surface area (Å²) in [6.45, 7) is 6.43. The molecule has 6 heteroatoms. The fourth-order valence-electron chi connectivity index (χ4n) is 1.99. The molecule has 0 saturated heterocycles. The highest BCUT2D eigenvalue weighted by Crippen LogP contribution is 2.20. The number of amides is 1. The van der Waals surface area contributed by atoms with Gasteiger partial charge >= 0.3 is 6.09 Å². The Morgan fingerprint density at radius 1 is 1.61 bits per heavy atom. The third-order valence-corrected chi connectivity index (χ3v) is 3.37. The molecule has 0 aliphatic carbocycles. The summed E-state index contributed by atoms with van der Waals surface area (Å²) in [5.41, 5.74) is -0.458. The smallest absolute Gasteiger partial charge is 0.407 e. The van der Waals surface area contributed by atoms with E-state index in [1.54, 1.807) is 6.20 Å². The first kappa shape index (κ1) is 13.4. The number of hydrogen-bond donors (Lipinski definition) is 1. The first-order chi connectivity index (χ1) is 8.35. The standard InChI is InChI=1S/C12H18BrN3O2/c1-12(2,3)18-11(17)15-8-4-5-16-9(13)7-14-10(16)6-8/h7-8H,4-6H2,1-3H3,(H,15,17). The number of nitrogens with one attached hydrogen (secondary N) is 1. The summed E-state index contributed by atoms with van der Waals surface area (Å²) in [7, 11) is 0. The average molecular weight is 316 g/mol. The summed E-state index contributed by atoms with van der Waals surface area (Å²) in [6.07, 6.45) is 3.07. The lowest BCUT2D eigenvalue weighted by Gasteiger charge is -2.26. The van der Waals surface area contributed by atoms with Crippen molar-refractivity contribution in [3.63, 3.8) is 0 Å². The Kier molecular flexibility index (Phi) is 3.66. The molecule has 1 aliphatic heterocycles. The number of hydrogen-bond acceptors (Lipinski definition) is 3. The van der Waals surface area contributed by atoms with Crippen molar-refractivity contribution in [2.75, 3.05) is 0 Å². The van der Waals surface area contributed by atoms with E-state index in [0.29, 0.717) is 0 Å². The van der Waals surface area contributed by atoms with Gasteiger partial charge in [-0.1, -0.05) is 0 Å². The summed E-state index contributed by atoms with van der Waals surface area (Å²) in [6, 6.07) is 0.0987. The van der Waals surface area contributed by atoms with Gasteiger partial charge in [-0.2, -0.15) is 0 Å². The van der Waals surface area contributed by atoms with Crippen LogP contribution in [0, 0.1) is 0 Å². The Hall–Kier alpha value is -1.04. The molecule has 0 bridgehead atoms. The second-order valence-electron chi connectivity index (χ2n) is 5.48. The first-order valence-corrected chi connectivity index (χ1v) is 6.84. The molecule has 0 radical (unpaired) electrons. The van der Waals surface area contributed by atoms with E-state index >= 15 is 0 Å². The van der Waals surface area contributed by atoms with Gasteiger partial charge < -0.3 is 14.6 Å². The van der Waals surface area contributed by atoms with Crippen LogP contribution in [0.2, 0.25) is 0 Å². The van der Waals surface area contributed by atoms with Gasteiger partial charge in [-0.3, -0.25) is 0 Å². The molecular weight excluding hydrogens is 298 g/mol. The number of rotatable bonds is 1. The number of aromatic nitrogens is 2. The number of carbonyl (C=O) groups is 1. The number of nitrogens with zero attached hydrogens (tertiary/aromatic N) is 2. The van der Waals surface area contributed by atoms with Gasteiger partial charge in [-0.25, -0.2) is 9.78 Å². The number of imidazole rings is 1. The van der Waals surface area contributed by atoms with Crippen molar-refractivity contribution in [3.8, 4) is 0 Å². The van der Waals surface area contributed by atoms with E-state index in [-0.39, 0.29) is 12.1 Å². The molecule has 1 N–H and O–H groups in total. The van der Waals surface area contributed by atoms with E-state index in [4.69, 9.17) is 4.74 Å². The van der Waals surface area contributed by atoms with Crippen LogP contribution in [0.1, 0.15) is 33.0 Å². The summed E-state index contributed by atoms with van der Waals surface area (Å²) >= 11 is 3.45. The van der Waals surface area contributed by atoms with Crippen molar-refractivity contribution >= 4 is 22.0 Å². The molecule has 0 aromatic carbocycles. The average Bonchev–Trinajstić information content (AvgIpc) is 2.57. The van der Waals surface area contributed by atoms with Crippen LogP contribution >= 0.6 is 15.9 Å². The Morgan fingerprint density at radius 2 is 2.33 bits per heavy atom. The minimum absolute atomic E-state index is 0.0987. The third-order valence-electron chi connectivity index (χ3n) is 2.74. The molecule has 0 spiro atoms. The van der Waals surface area contributed by atoms with E-state index < -0.39 is 5.60 Å². The van der Waals surface area contributed by atoms with E-state index in [1.165, 1.54) is 0 Å². The molecular formula is C12H18BrN3O2. The van der Waals surface area contributed by atoms with Crippen LogP contribution in [-0.2, 0) is 17.7 Å². The van der Waals surface area contributed by atoms with E-state index in [9.17, 15) is 4.79 Å². The Morgan fingerprint density at radius 3 is 3.00 bits per heavy atom. The van der Waals surface area contributed by atoms with E-state index in [1.807, 2.05) is 20.8 Å². The number of carbonyl (C=O) groups excluding carboxylic acids is 1. The van der Waals surface area contributed by atoms with Gasteiger partial charge in [-0.15, -0.1) is 0 Å². The lowest BCUT2D eigenvalue weighted by Crippen LogP contribution is -2.42. The topological polar surface area (TPSA) is 56.1 Å². The van der Waals surface area contributed by atoms with Crippen molar-refractivity contribution in [3.05, 3.63) is 16.6 Å². The minimum Gasteiger partial charge on any atom is -0.444 e. The second-order valence-corrected chi connectivity index (χ2v) is 6.30. The second kappa shape index (κ2) is 4.91. The highest BCUT2D eigenvalue weighted by Gasteiger charge is 2.24. The Bertz CT molecular complexity index is 451. The molecule has 1 atom stereocenters. The van der Waals surface area contributed by atoms with Gasteiger partial charge in [0.15, 0.2) is 0 Å². The number of ether oxygens (including phenoxy) is 1. The van der Waals surface area contributed by atoms with Gasteiger partial charge in [0.05, 0.1) is 6.20 Å². The predicted octanol–water partition coefficient (Wildman–Crippen LogP) is 2.49. The highest BCUT2D eigenvalue weighted by atomic mass is 79.9. The van der Waals surface area contributed by atoms with Crippen molar-refractivity contribution in [1.29, 1.82) is 0 Å². The Balaban J connectivity index is 1.92. The maximum atomic E-state index is 11.7. The summed E-state index contributed by atoms with van der Waals surface area (Å²) < 4.78 is 8.36. The molecule has 0 saturated carbocycles. The van der Waals surface area contributed by atoms with Crippen LogP contribution in [0.3, 0.4) is 0 Å². The molecule has 2 rings (SSSR count). The molecule has 18 heavy (non-hydrogen) atoms. The molecule has 5 nitrogen and oxygen atoms in total. The monoisotopic (exact) mass is 315 g/mol. The van der Waals surface area contributed by atoms with Gasteiger partial charge in [0, 0.05) is 19.0 Å². The van der Waals surface area contributed by atoms with Crippen LogP contribution in [0.4, 0.5) is 4.79 Å². The third kappa shape index (κ3) is 3.25. The summed E-state index contributed by atoms with van der Waals surface area (Å²) in [5.74, 6) is 0.995. The van der Waals surface area contributed by atoms with Crippen molar-refractivity contribution in [2.45, 2.75) is 51.8 Å². The number of alkyl carbamates (subject to hydrolysis) is 1. The van der Waals surface area contributed by atoms with Gasteiger partial charge in [-0.05, 0) is 43.1 Å². The lowest BCUT2D eigenvalue weighted by molar-refractivity contribution is 0.0496. The molecule has 1 aromatic rings. The molecule has 1 amide bonds. The number of halogens is 1. The maximum absolute atomic E-state index is 11.7. The molecule has 2 heterocycles. The summed E-state index contributed by atoms with van der Waals surface area (Å²) in [5, 5.41) is 2.90. The highest BCUT2D eigenvalue weighted by molar-refractivity contribution is 9.10. The molecule has 1 unspecified atom stereocenters. The van der Waals surface area contributed by atoms with E-state index in [0.717, 1.165) is 29.8 Å². The predicted molar refractivity (Wildman–Crippen MR) is 71.4 cm³/mol. The van der Waals surface area contributed by atoms with Crippen LogP contribution in [-0.4, -0.2) is 27.3 Å². The zero-order valence-electron chi connectivity index (χ0n) is 10.9. The zero-order chi connectivity index (χ0) is 13.3. The largest absolute Gasteiger partial charge is 0.444 e. The van der Waals surface area contributed by atoms with Crippen LogP contribution < -0.4 is 5.32 Å². The van der Waals surface area contributed by atoms with Crippen LogP contribution in [0.5, 0.6) is 0 Å². The maximum Gasteiger partial charge on any atom is 0.407 e. The minimum atomic E-state index is -0.458. The fourth-order valence-corrected chi connectivity index (χ4v) is 2.48. The Labute approximate surface area is 115 Å². The molecule has 0 fully saturated rings. The quantitative estimate of drug-likeness (QED) is 0.866. The van der Waals surface area contributed by atoms with Crippen LogP contribution in [0.15, 0.2) is 10.8 Å². The van der Waals surface area contributed by atoms with Crippen molar-refractivity contribution in [1.82, 2.24) is 14.9 Å². The van der Waals surface area contributed by atoms with Crippen LogP contribution in [0.25, 0.3) is 0 Å². The van der Waals surface area contributed by atoms with Gasteiger partial charge in [0.25, 0.3) is 0 Å². The van der Waals surface area contributed by atoms with Gasteiger partial charge in [0.2, 0.25) is 0 Å². The van der Waals surface area contributed by atoms with Crippen molar-refractivity contribution < 1.29 is 9.53 Å². The molecule has 1 aromatic heterocycles. The normalized spacial score (nSPS) is 19.2. The van der Waals surface area contributed by atoms with E-state index in [2.05, 4.69) is 30.8 Å². The molecule has 1 aliphatic rings. The zero-order valence-corrected chi connectivity index (χ0v) is 12.5. The van der Waals surface area contributed by atoms with Gasteiger partial charge in [0.1, 0.15) is 16.0 Å². The molecule has 100 valence electrons. The number of fused-ring (bicyclic) bond motifs is 1. The SMILES string of the molecule is CC(C)(C)OC(=O)NC1CCn2c(Br)cnc2C1. The van der Waals surface area contributed by atoms with Crippen molar-refractivity contribution in [2.24, 2.45) is 0 Å². The fraction of sp³-hybridized carbons (Fsp3) is 0.667. The lowest BCUT2D eigenvalue weighted by atomic mass is 10.1. The first-order valence-electron chi connectivity index (χ1n) is 6.04.